The molecule has 0 amide bonds. The molecule has 0 unspecified atom stereocenters. The summed E-state index contributed by atoms with van der Waals surface area (Å²) in [5.74, 6) is 1.73. The van der Waals surface area contributed by atoms with Gasteiger partial charge >= 0.3 is 0 Å². The van der Waals surface area contributed by atoms with Gasteiger partial charge in [-0.05, 0) is 23.5 Å². The Kier molecular flexibility index (Phi) is 5.30. The summed E-state index contributed by atoms with van der Waals surface area (Å²) < 4.78 is 1.96. The third-order valence-electron chi connectivity index (χ3n) is 3.33. The van der Waals surface area contributed by atoms with Crippen LogP contribution < -0.4 is 5.32 Å². The molecule has 2 rings (SSSR count). The van der Waals surface area contributed by atoms with Crippen LogP contribution in [-0.2, 0) is 26.4 Å². The number of rotatable bonds is 7. The summed E-state index contributed by atoms with van der Waals surface area (Å²) in [6.07, 6.45) is 3.80. The van der Waals surface area contributed by atoms with Crippen molar-refractivity contribution in [3.8, 4) is 0 Å². The highest BCUT2D eigenvalue weighted by atomic mass is 15.2. The van der Waals surface area contributed by atoms with Gasteiger partial charge in [0.05, 0.1) is 0 Å². The lowest BCUT2D eigenvalue weighted by atomic mass is 10.0. The predicted molar refractivity (Wildman–Crippen MR) is 81.4 cm³/mol. The minimum Gasteiger partial charge on any atom is -0.321 e. The first-order chi connectivity index (χ1) is 9.65. The van der Waals surface area contributed by atoms with Crippen molar-refractivity contribution in [1.29, 1.82) is 0 Å². The quantitative estimate of drug-likeness (QED) is 0.787. The minimum atomic E-state index is 0.713. The fourth-order valence-corrected chi connectivity index (χ4v) is 2.23. The highest BCUT2D eigenvalue weighted by Crippen LogP contribution is 2.09. The van der Waals surface area contributed by atoms with Gasteiger partial charge in [0.2, 0.25) is 0 Å². The molecule has 0 spiro atoms. The summed E-state index contributed by atoms with van der Waals surface area (Å²) in [5.41, 5.74) is 2.75. The van der Waals surface area contributed by atoms with Crippen molar-refractivity contribution >= 4 is 0 Å². The smallest absolute Gasteiger partial charge is 0.133 e. The summed E-state index contributed by atoms with van der Waals surface area (Å²) in [7, 11) is 1.97. The fourth-order valence-electron chi connectivity index (χ4n) is 2.23. The van der Waals surface area contributed by atoms with E-state index < -0.39 is 0 Å². The van der Waals surface area contributed by atoms with Gasteiger partial charge in [0.25, 0.3) is 0 Å². The maximum Gasteiger partial charge on any atom is 0.133 e. The Balaban J connectivity index is 1.73. The second-order valence-electron chi connectivity index (χ2n) is 5.70. The van der Waals surface area contributed by atoms with E-state index in [-0.39, 0.29) is 0 Å². The number of aromatic nitrogens is 3. The maximum absolute atomic E-state index is 4.07. The van der Waals surface area contributed by atoms with E-state index in [1.54, 1.807) is 6.33 Å². The Morgan fingerprint density at radius 2 is 1.85 bits per heavy atom. The molecule has 20 heavy (non-hydrogen) atoms. The number of benzene rings is 1. The summed E-state index contributed by atoms with van der Waals surface area (Å²) in [5, 5.41) is 11.4. The van der Waals surface area contributed by atoms with E-state index in [2.05, 4.69) is 53.6 Å². The van der Waals surface area contributed by atoms with Gasteiger partial charge < -0.3 is 9.88 Å². The van der Waals surface area contributed by atoms with Crippen molar-refractivity contribution in [2.24, 2.45) is 13.0 Å². The van der Waals surface area contributed by atoms with Crippen LogP contribution in [0.3, 0.4) is 0 Å². The number of nitrogens with one attached hydrogen (secondary N) is 1. The minimum absolute atomic E-state index is 0.713. The molecule has 0 atom stereocenters. The molecule has 4 heteroatoms. The van der Waals surface area contributed by atoms with E-state index in [1.165, 1.54) is 11.1 Å². The molecule has 0 radical (unpaired) electrons. The zero-order valence-corrected chi connectivity index (χ0v) is 12.6. The molecule has 0 bridgehead atoms. The van der Waals surface area contributed by atoms with Crippen LogP contribution in [0, 0.1) is 5.92 Å². The highest BCUT2D eigenvalue weighted by molar-refractivity contribution is 5.22. The van der Waals surface area contributed by atoms with Gasteiger partial charge in [0.15, 0.2) is 0 Å². The van der Waals surface area contributed by atoms with Gasteiger partial charge in [0, 0.05) is 26.6 Å². The van der Waals surface area contributed by atoms with Crippen molar-refractivity contribution in [3.05, 3.63) is 47.5 Å². The van der Waals surface area contributed by atoms with Gasteiger partial charge in [0.1, 0.15) is 12.2 Å². The van der Waals surface area contributed by atoms with Crippen molar-refractivity contribution in [3.63, 3.8) is 0 Å². The Morgan fingerprint density at radius 1 is 1.15 bits per heavy atom. The second-order valence-corrected chi connectivity index (χ2v) is 5.70. The molecule has 0 aliphatic carbocycles. The normalized spacial score (nSPS) is 11.2. The van der Waals surface area contributed by atoms with E-state index in [9.17, 15) is 0 Å². The van der Waals surface area contributed by atoms with Crippen LogP contribution in [0.15, 0.2) is 30.6 Å². The monoisotopic (exact) mass is 272 g/mol. The lowest BCUT2D eigenvalue weighted by Crippen LogP contribution is -2.18. The molecule has 108 valence electrons. The number of aryl methyl sites for hydroxylation is 1. The summed E-state index contributed by atoms with van der Waals surface area (Å²) in [6, 6.07) is 8.90. The molecule has 0 saturated heterocycles. The Labute approximate surface area is 121 Å². The lowest BCUT2D eigenvalue weighted by molar-refractivity contribution is 0.644. The Morgan fingerprint density at radius 3 is 2.45 bits per heavy atom. The zero-order chi connectivity index (χ0) is 14.4. The first-order valence-electron chi connectivity index (χ1n) is 7.26. The molecular formula is C16H24N4. The van der Waals surface area contributed by atoms with Crippen LogP contribution in [0.25, 0.3) is 0 Å². The first kappa shape index (κ1) is 14.7. The van der Waals surface area contributed by atoms with Gasteiger partial charge in [-0.3, -0.25) is 0 Å². The molecule has 4 nitrogen and oxygen atoms in total. The van der Waals surface area contributed by atoms with E-state index in [1.807, 2.05) is 11.6 Å². The maximum atomic E-state index is 4.07. The number of hydrogen-bond donors (Lipinski definition) is 1. The second kappa shape index (κ2) is 7.20. The zero-order valence-electron chi connectivity index (χ0n) is 12.6. The van der Waals surface area contributed by atoms with Gasteiger partial charge in [-0.15, -0.1) is 10.2 Å². The van der Waals surface area contributed by atoms with Crippen molar-refractivity contribution in [2.45, 2.75) is 33.2 Å². The summed E-state index contributed by atoms with van der Waals surface area (Å²) in [4.78, 5) is 0. The third kappa shape index (κ3) is 4.46. The lowest BCUT2D eigenvalue weighted by Gasteiger charge is -2.07. The van der Waals surface area contributed by atoms with Gasteiger partial charge in [-0.25, -0.2) is 0 Å². The number of hydrogen-bond acceptors (Lipinski definition) is 3. The molecule has 2 aromatic rings. The molecule has 0 saturated carbocycles. The molecular weight excluding hydrogens is 248 g/mol. The van der Waals surface area contributed by atoms with Gasteiger partial charge in [-0.1, -0.05) is 38.1 Å². The molecule has 1 heterocycles. The van der Waals surface area contributed by atoms with Crippen molar-refractivity contribution in [2.75, 3.05) is 6.54 Å². The van der Waals surface area contributed by atoms with Crippen LogP contribution in [0.5, 0.6) is 0 Å². The van der Waals surface area contributed by atoms with E-state index in [0.29, 0.717) is 5.92 Å². The highest BCUT2D eigenvalue weighted by Gasteiger charge is 2.01. The van der Waals surface area contributed by atoms with Crippen LogP contribution >= 0.6 is 0 Å². The predicted octanol–water partition coefficient (Wildman–Crippen LogP) is 2.35. The third-order valence-corrected chi connectivity index (χ3v) is 3.33. The standard InChI is InChI=1S/C16H24N4/c1-13(2)10-14-4-6-15(7-5-14)11-17-9-8-16-19-18-12-20(16)3/h4-7,12-13,17H,8-11H2,1-3H3. The topological polar surface area (TPSA) is 42.7 Å². The van der Waals surface area contributed by atoms with Crippen molar-refractivity contribution in [1.82, 2.24) is 20.1 Å². The molecule has 1 aromatic carbocycles. The molecule has 0 fully saturated rings. The van der Waals surface area contributed by atoms with Crippen LogP contribution in [-0.4, -0.2) is 21.3 Å². The Hall–Kier alpha value is -1.68. The van der Waals surface area contributed by atoms with E-state index in [4.69, 9.17) is 0 Å². The average Bonchev–Trinajstić information content (AvgIpc) is 2.82. The fraction of sp³-hybridized carbons (Fsp3) is 0.500. The van der Waals surface area contributed by atoms with E-state index in [0.717, 1.165) is 31.8 Å². The largest absolute Gasteiger partial charge is 0.321 e. The van der Waals surface area contributed by atoms with E-state index >= 15 is 0 Å². The molecule has 0 aliphatic heterocycles. The summed E-state index contributed by atoms with van der Waals surface area (Å²) >= 11 is 0. The average molecular weight is 272 g/mol. The SMILES string of the molecule is CC(C)Cc1ccc(CNCCc2nncn2C)cc1. The molecule has 1 N–H and O–H groups in total. The van der Waals surface area contributed by atoms with Gasteiger partial charge in [-0.2, -0.15) is 0 Å². The molecule has 0 aliphatic rings. The Bertz CT molecular complexity index is 514. The number of nitrogens with zero attached hydrogens (tertiary/aromatic N) is 3. The van der Waals surface area contributed by atoms with Crippen LogP contribution in [0.4, 0.5) is 0 Å². The first-order valence-corrected chi connectivity index (χ1v) is 7.26. The summed E-state index contributed by atoms with van der Waals surface area (Å²) in [6.45, 7) is 6.32. The van der Waals surface area contributed by atoms with Crippen molar-refractivity contribution < 1.29 is 0 Å². The van der Waals surface area contributed by atoms with Crippen LogP contribution in [0.2, 0.25) is 0 Å². The van der Waals surface area contributed by atoms with Crippen LogP contribution in [0.1, 0.15) is 30.8 Å². The molecule has 1 aromatic heterocycles.